The molecule has 0 radical (unpaired) electrons. The number of rotatable bonds is 6. The SMILES string of the molecule is O=C(COc1ccc2c(c1)O/C(=C/c1cccc(F)c1)C2=O)OCc1ccccc1. The van der Waals surface area contributed by atoms with Crippen LogP contribution in [0.2, 0.25) is 0 Å². The molecule has 30 heavy (non-hydrogen) atoms. The van der Waals surface area contributed by atoms with E-state index in [4.69, 9.17) is 14.2 Å². The molecule has 5 nitrogen and oxygen atoms in total. The van der Waals surface area contributed by atoms with Gasteiger partial charge in [0.05, 0.1) is 5.56 Å². The Bertz CT molecular complexity index is 1120. The molecule has 1 aliphatic heterocycles. The highest BCUT2D eigenvalue weighted by atomic mass is 19.1. The molecule has 0 bridgehead atoms. The fraction of sp³-hybridized carbons (Fsp3) is 0.0833. The van der Waals surface area contributed by atoms with Gasteiger partial charge < -0.3 is 14.2 Å². The maximum absolute atomic E-state index is 13.3. The van der Waals surface area contributed by atoms with Crippen molar-refractivity contribution >= 4 is 17.8 Å². The first kappa shape index (κ1) is 19.4. The normalized spacial score (nSPS) is 13.6. The molecule has 0 N–H and O–H groups in total. The zero-order valence-corrected chi connectivity index (χ0v) is 15.8. The Labute approximate surface area is 172 Å². The zero-order chi connectivity index (χ0) is 20.9. The van der Waals surface area contributed by atoms with Crippen LogP contribution < -0.4 is 9.47 Å². The summed E-state index contributed by atoms with van der Waals surface area (Å²) < 4.78 is 29.6. The summed E-state index contributed by atoms with van der Waals surface area (Å²) in [5.74, 6) is -0.439. The van der Waals surface area contributed by atoms with Crippen molar-refractivity contribution in [2.45, 2.75) is 6.61 Å². The minimum Gasteiger partial charge on any atom is -0.482 e. The maximum Gasteiger partial charge on any atom is 0.344 e. The number of carbonyl (C=O) groups is 2. The quantitative estimate of drug-likeness (QED) is 0.445. The number of Topliss-reactive ketones (excluding diaryl/α,β-unsaturated/α-hetero) is 1. The first-order valence-corrected chi connectivity index (χ1v) is 9.25. The Balaban J connectivity index is 1.37. The fourth-order valence-corrected chi connectivity index (χ4v) is 2.93. The van der Waals surface area contributed by atoms with Crippen LogP contribution in [0.1, 0.15) is 21.5 Å². The van der Waals surface area contributed by atoms with Crippen LogP contribution >= 0.6 is 0 Å². The average molecular weight is 404 g/mol. The predicted molar refractivity (Wildman–Crippen MR) is 108 cm³/mol. The van der Waals surface area contributed by atoms with Gasteiger partial charge in [-0.1, -0.05) is 42.5 Å². The number of benzene rings is 3. The van der Waals surface area contributed by atoms with Gasteiger partial charge in [-0.05, 0) is 41.5 Å². The second-order valence-electron chi connectivity index (χ2n) is 6.59. The Morgan fingerprint density at radius 3 is 2.63 bits per heavy atom. The molecule has 0 saturated heterocycles. The fourth-order valence-electron chi connectivity index (χ4n) is 2.93. The molecular formula is C24H17FO5. The Hall–Kier alpha value is -3.93. The molecule has 0 unspecified atom stereocenters. The van der Waals surface area contributed by atoms with Gasteiger partial charge >= 0.3 is 5.97 Å². The second-order valence-corrected chi connectivity index (χ2v) is 6.59. The molecule has 0 aliphatic carbocycles. The summed E-state index contributed by atoms with van der Waals surface area (Å²) in [5, 5.41) is 0. The van der Waals surface area contributed by atoms with Crippen molar-refractivity contribution in [2.75, 3.05) is 6.61 Å². The minimum absolute atomic E-state index is 0.0926. The molecule has 0 aromatic heterocycles. The maximum atomic E-state index is 13.3. The lowest BCUT2D eigenvalue weighted by atomic mass is 10.1. The number of ether oxygens (including phenoxy) is 3. The number of esters is 1. The first-order valence-electron chi connectivity index (χ1n) is 9.25. The lowest BCUT2D eigenvalue weighted by Gasteiger charge is -2.08. The van der Waals surface area contributed by atoms with Crippen molar-refractivity contribution in [1.82, 2.24) is 0 Å². The van der Waals surface area contributed by atoms with Crippen LogP contribution in [-0.2, 0) is 16.1 Å². The average Bonchev–Trinajstić information content (AvgIpc) is 3.06. The topological polar surface area (TPSA) is 61.8 Å². The van der Waals surface area contributed by atoms with Crippen LogP contribution in [0.15, 0.2) is 78.6 Å². The predicted octanol–water partition coefficient (Wildman–Crippen LogP) is 4.56. The van der Waals surface area contributed by atoms with Crippen LogP contribution in [0.4, 0.5) is 4.39 Å². The molecule has 0 saturated carbocycles. The minimum atomic E-state index is -0.511. The van der Waals surface area contributed by atoms with Gasteiger partial charge in [0.1, 0.15) is 23.9 Å². The molecule has 1 aliphatic rings. The Morgan fingerprint density at radius 2 is 1.83 bits per heavy atom. The first-order chi connectivity index (χ1) is 14.6. The highest BCUT2D eigenvalue weighted by molar-refractivity contribution is 6.14. The molecule has 0 atom stereocenters. The number of fused-ring (bicyclic) bond motifs is 1. The zero-order valence-electron chi connectivity index (χ0n) is 15.8. The van der Waals surface area contributed by atoms with E-state index < -0.39 is 11.8 Å². The van der Waals surface area contributed by atoms with Gasteiger partial charge in [-0.15, -0.1) is 0 Å². The lowest BCUT2D eigenvalue weighted by molar-refractivity contribution is -0.147. The van der Waals surface area contributed by atoms with Crippen LogP contribution in [0.5, 0.6) is 11.5 Å². The second kappa shape index (κ2) is 8.61. The van der Waals surface area contributed by atoms with E-state index in [0.717, 1.165) is 5.56 Å². The van der Waals surface area contributed by atoms with E-state index >= 15 is 0 Å². The van der Waals surface area contributed by atoms with E-state index in [9.17, 15) is 14.0 Å². The number of hydrogen-bond acceptors (Lipinski definition) is 5. The van der Waals surface area contributed by atoms with Crippen molar-refractivity contribution in [1.29, 1.82) is 0 Å². The molecule has 0 spiro atoms. The molecule has 1 heterocycles. The van der Waals surface area contributed by atoms with Crippen LogP contribution in [0, 0.1) is 5.82 Å². The standard InChI is InChI=1S/C24H17FO5/c25-18-8-4-7-17(11-18)12-22-24(27)20-10-9-19(13-21(20)30-22)28-15-23(26)29-14-16-5-2-1-3-6-16/h1-13H,14-15H2/b22-12+. The van der Waals surface area contributed by atoms with E-state index in [-0.39, 0.29) is 24.8 Å². The van der Waals surface area contributed by atoms with E-state index in [0.29, 0.717) is 22.6 Å². The van der Waals surface area contributed by atoms with Gasteiger partial charge in [0.25, 0.3) is 0 Å². The van der Waals surface area contributed by atoms with E-state index in [1.165, 1.54) is 24.3 Å². The largest absolute Gasteiger partial charge is 0.482 e. The van der Waals surface area contributed by atoms with Crippen molar-refractivity contribution in [3.8, 4) is 11.5 Å². The molecular weight excluding hydrogens is 387 g/mol. The summed E-state index contributed by atoms with van der Waals surface area (Å²) in [6, 6.07) is 19.9. The molecule has 4 rings (SSSR count). The molecule has 6 heteroatoms. The summed E-state index contributed by atoms with van der Waals surface area (Å²) >= 11 is 0. The molecule has 0 amide bonds. The monoisotopic (exact) mass is 404 g/mol. The Kier molecular flexibility index (Phi) is 5.57. The van der Waals surface area contributed by atoms with Gasteiger partial charge in [-0.2, -0.15) is 0 Å². The van der Waals surface area contributed by atoms with Gasteiger partial charge in [0.15, 0.2) is 12.4 Å². The van der Waals surface area contributed by atoms with E-state index in [1.54, 1.807) is 24.3 Å². The van der Waals surface area contributed by atoms with Crippen molar-refractivity contribution in [2.24, 2.45) is 0 Å². The molecule has 0 fully saturated rings. The van der Waals surface area contributed by atoms with Crippen LogP contribution in [0.25, 0.3) is 6.08 Å². The number of hydrogen-bond donors (Lipinski definition) is 0. The number of carbonyl (C=O) groups excluding carboxylic acids is 2. The smallest absolute Gasteiger partial charge is 0.344 e. The van der Waals surface area contributed by atoms with Crippen LogP contribution in [0.3, 0.4) is 0 Å². The highest BCUT2D eigenvalue weighted by Crippen LogP contribution is 2.34. The van der Waals surface area contributed by atoms with Crippen molar-refractivity contribution < 1.29 is 28.2 Å². The van der Waals surface area contributed by atoms with Gasteiger partial charge in [-0.25, -0.2) is 9.18 Å². The van der Waals surface area contributed by atoms with Crippen molar-refractivity contribution in [3.05, 3.63) is 101 Å². The van der Waals surface area contributed by atoms with E-state index in [2.05, 4.69) is 0 Å². The number of ketones is 1. The van der Waals surface area contributed by atoms with Gasteiger partial charge in [0, 0.05) is 6.07 Å². The van der Waals surface area contributed by atoms with Gasteiger partial charge in [0.2, 0.25) is 5.78 Å². The van der Waals surface area contributed by atoms with E-state index in [1.807, 2.05) is 30.3 Å². The Morgan fingerprint density at radius 1 is 1.00 bits per heavy atom. The third-order valence-electron chi connectivity index (χ3n) is 4.39. The summed E-state index contributed by atoms with van der Waals surface area (Å²) in [6.07, 6.45) is 1.48. The highest BCUT2D eigenvalue weighted by Gasteiger charge is 2.27. The summed E-state index contributed by atoms with van der Waals surface area (Å²) in [4.78, 5) is 24.4. The number of allylic oxidation sites excluding steroid dienone is 1. The molecule has 150 valence electrons. The third-order valence-corrected chi connectivity index (χ3v) is 4.39. The van der Waals surface area contributed by atoms with Crippen LogP contribution in [-0.4, -0.2) is 18.4 Å². The molecule has 3 aromatic rings. The van der Waals surface area contributed by atoms with Crippen molar-refractivity contribution in [3.63, 3.8) is 0 Å². The summed E-state index contributed by atoms with van der Waals surface area (Å²) in [7, 11) is 0. The lowest BCUT2D eigenvalue weighted by Crippen LogP contribution is -2.14. The summed E-state index contributed by atoms with van der Waals surface area (Å²) in [6.45, 7) is -0.107. The summed E-state index contributed by atoms with van der Waals surface area (Å²) in [5.41, 5.74) is 1.77. The molecule has 3 aromatic carbocycles. The number of halogens is 1. The third kappa shape index (κ3) is 4.55. The van der Waals surface area contributed by atoms with Gasteiger partial charge in [-0.3, -0.25) is 4.79 Å².